The van der Waals surface area contributed by atoms with Crippen LogP contribution < -0.4 is 0 Å². The van der Waals surface area contributed by atoms with Gasteiger partial charge in [0.2, 0.25) is 0 Å². The van der Waals surface area contributed by atoms with E-state index in [2.05, 4.69) is 53.7 Å². The van der Waals surface area contributed by atoms with E-state index in [-0.39, 0.29) is 6.10 Å². The SMILES string of the molecule is C/C(=C\CC(C)C)[C@@H](C)[C@H]1CC[C@H]2[C@@H]3CCC4=C[C@@H](O)CC[C@]4(C)[C@H]3CC[C@]12C. The molecule has 1 N–H and O–H groups in total. The zero-order chi connectivity index (χ0) is 21.0. The van der Waals surface area contributed by atoms with Gasteiger partial charge in [-0.25, -0.2) is 0 Å². The average Bonchev–Trinajstić information content (AvgIpc) is 3.03. The minimum Gasteiger partial charge on any atom is -0.389 e. The molecule has 4 aliphatic carbocycles. The van der Waals surface area contributed by atoms with Crippen molar-refractivity contribution in [3.8, 4) is 0 Å². The standard InChI is InChI=1S/C28H46O/c1-18(2)7-8-19(3)20(4)24-11-12-25-23-10-9-21-17-22(29)13-15-27(21,5)26(23)14-16-28(24,25)6/h8,17-18,20,22-26,29H,7,9-16H2,1-6H3/b19-8+/t20-,22+,23+,24-,25+,26+,27+,28-/m1/s1. The van der Waals surface area contributed by atoms with Crippen LogP contribution in [0, 0.1) is 46.3 Å². The lowest BCUT2D eigenvalue weighted by atomic mass is 9.46. The maximum atomic E-state index is 10.2. The Hall–Kier alpha value is -0.560. The Labute approximate surface area is 180 Å². The van der Waals surface area contributed by atoms with Crippen LogP contribution in [0.2, 0.25) is 0 Å². The van der Waals surface area contributed by atoms with Gasteiger partial charge in [0.05, 0.1) is 6.10 Å². The molecule has 164 valence electrons. The minimum absolute atomic E-state index is 0.180. The molecule has 0 bridgehead atoms. The fourth-order valence-electron chi connectivity index (χ4n) is 8.50. The first-order valence-corrected chi connectivity index (χ1v) is 12.7. The number of hydrogen-bond donors (Lipinski definition) is 1. The lowest BCUT2D eigenvalue weighted by Gasteiger charge is -2.59. The highest BCUT2D eigenvalue weighted by Gasteiger charge is 2.59. The summed E-state index contributed by atoms with van der Waals surface area (Å²) < 4.78 is 0. The predicted molar refractivity (Wildman–Crippen MR) is 124 cm³/mol. The Morgan fingerprint density at radius 2 is 1.83 bits per heavy atom. The highest BCUT2D eigenvalue weighted by Crippen LogP contribution is 2.67. The molecule has 8 atom stereocenters. The second kappa shape index (κ2) is 7.85. The molecule has 0 spiro atoms. The summed E-state index contributed by atoms with van der Waals surface area (Å²) in [5, 5.41) is 10.2. The van der Waals surface area contributed by atoms with E-state index >= 15 is 0 Å². The second-order valence-corrected chi connectivity index (χ2v) is 12.2. The smallest absolute Gasteiger partial charge is 0.0724 e. The molecule has 0 aromatic carbocycles. The zero-order valence-electron chi connectivity index (χ0n) is 20.0. The van der Waals surface area contributed by atoms with Gasteiger partial charge in [0.1, 0.15) is 0 Å². The normalized spacial score (nSPS) is 46.0. The molecule has 3 saturated carbocycles. The van der Waals surface area contributed by atoms with Gasteiger partial charge >= 0.3 is 0 Å². The monoisotopic (exact) mass is 398 g/mol. The summed E-state index contributed by atoms with van der Waals surface area (Å²) in [7, 11) is 0. The van der Waals surface area contributed by atoms with Crippen LogP contribution in [0.4, 0.5) is 0 Å². The van der Waals surface area contributed by atoms with E-state index in [0.717, 1.165) is 41.9 Å². The molecular formula is C28H46O. The van der Waals surface area contributed by atoms with Crippen molar-refractivity contribution in [2.75, 3.05) is 0 Å². The summed E-state index contributed by atoms with van der Waals surface area (Å²) in [6, 6.07) is 0. The number of aliphatic hydroxyl groups is 1. The zero-order valence-corrected chi connectivity index (χ0v) is 20.0. The molecule has 4 rings (SSSR count). The van der Waals surface area contributed by atoms with Crippen LogP contribution >= 0.6 is 0 Å². The minimum atomic E-state index is -0.180. The summed E-state index contributed by atoms with van der Waals surface area (Å²) in [6.07, 6.45) is 16.4. The van der Waals surface area contributed by atoms with Crippen molar-refractivity contribution in [1.29, 1.82) is 0 Å². The number of hydrogen-bond acceptors (Lipinski definition) is 1. The van der Waals surface area contributed by atoms with Crippen molar-refractivity contribution in [3.05, 3.63) is 23.3 Å². The molecule has 1 heteroatoms. The summed E-state index contributed by atoms with van der Waals surface area (Å²) in [5.74, 6) is 5.08. The van der Waals surface area contributed by atoms with Gasteiger partial charge in [-0.15, -0.1) is 0 Å². The lowest BCUT2D eigenvalue weighted by Crippen LogP contribution is -2.51. The average molecular weight is 399 g/mol. The van der Waals surface area contributed by atoms with Crippen LogP contribution in [0.5, 0.6) is 0 Å². The number of allylic oxidation sites excluding steroid dienone is 3. The largest absolute Gasteiger partial charge is 0.389 e. The van der Waals surface area contributed by atoms with E-state index in [0.29, 0.717) is 10.8 Å². The second-order valence-electron chi connectivity index (χ2n) is 12.2. The van der Waals surface area contributed by atoms with E-state index in [1.165, 1.54) is 51.4 Å². The molecule has 0 heterocycles. The fraction of sp³-hybridized carbons (Fsp3) is 0.857. The van der Waals surface area contributed by atoms with Crippen molar-refractivity contribution in [2.24, 2.45) is 46.3 Å². The first kappa shape index (κ1) is 21.7. The molecule has 0 radical (unpaired) electrons. The summed E-state index contributed by atoms with van der Waals surface area (Å²) in [5.41, 5.74) is 4.17. The third-order valence-electron chi connectivity index (χ3n) is 10.4. The third kappa shape index (κ3) is 3.58. The molecule has 3 fully saturated rings. The lowest BCUT2D eigenvalue weighted by molar-refractivity contribution is -0.0600. The fourth-order valence-corrected chi connectivity index (χ4v) is 8.50. The van der Waals surface area contributed by atoms with E-state index in [9.17, 15) is 5.11 Å². The summed E-state index contributed by atoms with van der Waals surface area (Å²) >= 11 is 0. The van der Waals surface area contributed by atoms with E-state index in [1.807, 2.05) is 0 Å². The Morgan fingerprint density at radius 1 is 1.07 bits per heavy atom. The Bertz CT molecular complexity index is 672. The van der Waals surface area contributed by atoms with Gasteiger partial charge < -0.3 is 5.11 Å². The van der Waals surface area contributed by atoms with Crippen LogP contribution in [0.15, 0.2) is 23.3 Å². The number of aliphatic hydroxyl groups excluding tert-OH is 1. The van der Waals surface area contributed by atoms with Crippen LogP contribution in [-0.4, -0.2) is 11.2 Å². The first-order valence-electron chi connectivity index (χ1n) is 12.7. The molecule has 29 heavy (non-hydrogen) atoms. The van der Waals surface area contributed by atoms with E-state index < -0.39 is 0 Å². The maximum absolute atomic E-state index is 10.2. The van der Waals surface area contributed by atoms with Crippen molar-refractivity contribution in [3.63, 3.8) is 0 Å². The molecule has 0 aromatic heterocycles. The third-order valence-corrected chi connectivity index (χ3v) is 10.4. The Morgan fingerprint density at radius 3 is 2.55 bits per heavy atom. The first-order chi connectivity index (χ1) is 13.7. The molecule has 0 aliphatic heterocycles. The molecule has 4 aliphatic rings. The van der Waals surface area contributed by atoms with Gasteiger partial charge in [-0.1, -0.05) is 57.9 Å². The van der Waals surface area contributed by atoms with Crippen LogP contribution in [0.1, 0.15) is 99.3 Å². The van der Waals surface area contributed by atoms with Crippen molar-refractivity contribution >= 4 is 0 Å². The van der Waals surface area contributed by atoms with Crippen LogP contribution in [0.25, 0.3) is 0 Å². The molecule has 0 unspecified atom stereocenters. The predicted octanol–water partition coefficient (Wildman–Crippen LogP) is 7.55. The molecular weight excluding hydrogens is 352 g/mol. The van der Waals surface area contributed by atoms with E-state index in [4.69, 9.17) is 0 Å². The quantitative estimate of drug-likeness (QED) is 0.484. The van der Waals surface area contributed by atoms with Crippen LogP contribution in [0.3, 0.4) is 0 Å². The van der Waals surface area contributed by atoms with Gasteiger partial charge in [-0.3, -0.25) is 0 Å². The van der Waals surface area contributed by atoms with Gasteiger partial charge in [-0.05, 0) is 111 Å². The van der Waals surface area contributed by atoms with Crippen molar-refractivity contribution in [1.82, 2.24) is 0 Å². The summed E-state index contributed by atoms with van der Waals surface area (Å²) in [6.45, 7) is 14.8. The topological polar surface area (TPSA) is 20.2 Å². The van der Waals surface area contributed by atoms with Gasteiger partial charge in [0, 0.05) is 0 Å². The van der Waals surface area contributed by atoms with Gasteiger partial charge in [0.15, 0.2) is 0 Å². The molecule has 0 aromatic rings. The van der Waals surface area contributed by atoms with E-state index in [1.54, 1.807) is 11.1 Å². The highest BCUT2D eigenvalue weighted by atomic mass is 16.3. The number of rotatable bonds is 4. The van der Waals surface area contributed by atoms with Crippen molar-refractivity contribution < 1.29 is 5.11 Å². The van der Waals surface area contributed by atoms with Crippen molar-refractivity contribution in [2.45, 2.75) is 105 Å². The maximum Gasteiger partial charge on any atom is 0.0724 e. The molecule has 0 amide bonds. The number of fused-ring (bicyclic) bond motifs is 5. The summed E-state index contributed by atoms with van der Waals surface area (Å²) in [4.78, 5) is 0. The Kier molecular flexibility index (Phi) is 5.86. The molecule has 0 saturated heterocycles. The molecule has 1 nitrogen and oxygen atoms in total. The highest BCUT2D eigenvalue weighted by molar-refractivity contribution is 5.25. The van der Waals surface area contributed by atoms with Gasteiger partial charge in [0.25, 0.3) is 0 Å². The Balaban J connectivity index is 1.55. The van der Waals surface area contributed by atoms with Crippen LogP contribution in [-0.2, 0) is 0 Å². The van der Waals surface area contributed by atoms with Gasteiger partial charge in [-0.2, -0.15) is 0 Å².